The van der Waals surface area contributed by atoms with Crippen molar-refractivity contribution >= 4 is 6.09 Å². The maximum Gasteiger partial charge on any atom is 0.414 e. The second kappa shape index (κ2) is 6.27. The van der Waals surface area contributed by atoms with Crippen LogP contribution in [0.15, 0.2) is 24.4 Å². The van der Waals surface area contributed by atoms with Gasteiger partial charge in [-0.05, 0) is 36.7 Å². The zero-order chi connectivity index (χ0) is 13.8. The highest BCUT2D eigenvalue weighted by Gasteiger charge is 2.34. The molecule has 0 unspecified atom stereocenters. The van der Waals surface area contributed by atoms with Crippen LogP contribution in [0, 0.1) is 17.8 Å². The smallest absolute Gasteiger partial charge is 0.414 e. The van der Waals surface area contributed by atoms with Crippen LogP contribution in [0.2, 0.25) is 0 Å². The maximum atomic E-state index is 12.2. The van der Waals surface area contributed by atoms with Crippen LogP contribution in [0.1, 0.15) is 40.0 Å². The number of rotatable bonds is 2. The molecule has 0 N–H and O–H groups in total. The molecule has 1 amide bonds. The van der Waals surface area contributed by atoms with E-state index in [2.05, 4.69) is 20.8 Å². The molecule has 3 atom stereocenters. The molecule has 0 spiro atoms. The first-order chi connectivity index (χ1) is 9.08. The highest BCUT2D eigenvalue weighted by Crippen LogP contribution is 2.35. The Morgan fingerprint density at radius 1 is 1.32 bits per heavy atom. The molecule has 0 aromatic heterocycles. The van der Waals surface area contributed by atoms with Crippen molar-refractivity contribution < 1.29 is 9.53 Å². The van der Waals surface area contributed by atoms with Crippen LogP contribution in [0.5, 0.6) is 0 Å². The first-order valence-corrected chi connectivity index (χ1v) is 7.38. The van der Waals surface area contributed by atoms with Crippen molar-refractivity contribution in [2.24, 2.45) is 17.8 Å². The number of hydrogen-bond acceptors (Lipinski definition) is 2. The molecule has 1 heterocycles. The highest BCUT2D eigenvalue weighted by molar-refractivity contribution is 5.69. The number of carbonyl (C=O) groups excluding carboxylic acids is 1. The minimum absolute atomic E-state index is 0.0792. The van der Waals surface area contributed by atoms with Crippen molar-refractivity contribution in [3.05, 3.63) is 24.4 Å². The van der Waals surface area contributed by atoms with Gasteiger partial charge < -0.3 is 4.74 Å². The standard InChI is InChI=1S/C16H25NO2/c1-12(2)14-8-7-13(3)11-15(14)19-16(18)17-9-5-4-6-10-17/h4-6,9,12-15H,7-8,10-11H2,1-3H3/t13-,14+,15-/m0/s1. The van der Waals surface area contributed by atoms with E-state index >= 15 is 0 Å². The SMILES string of the molecule is CC(C)[C@H]1CC[C@H](C)C[C@@H]1OC(=O)N1C=CC=CC1. The van der Waals surface area contributed by atoms with E-state index < -0.39 is 0 Å². The first kappa shape index (κ1) is 14.2. The fourth-order valence-corrected chi connectivity index (χ4v) is 3.05. The van der Waals surface area contributed by atoms with Gasteiger partial charge in [0.25, 0.3) is 0 Å². The number of allylic oxidation sites excluding steroid dienone is 2. The summed E-state index contributed by atoms with van der Waals surface area (Å²) in [6.07, 6.45) is 10.9. The number of nitrogens with zero attached hydrogens (tertiary/aromatic N) is 1. The molecule has 1 aliphatic carbocycles. The Kier molecular flexibility index (Phi) is 4.67. The van der Waals surface area contributed by atoms with Crippen molar-refractivity contribution in [2.45, 2.75) is 46.1 Å². The van der Waals surface area contributed by atoms with Crippen molar-refractivity contribution in [2.75, 3.05) is 6.54 Å². The zero-order valence-corrected chi connectivity index (χ0v) is 12.2. The van der Waals surface area contributed by atoms with Gasteiger partial charge in [0.1, 0.15) is 6.10 Å². The van der Waals surface area contributed by atoms with Gasteiger partial charge in [-0.2, -0.15) is 0 Å². The highest BCUT2D eigenvalue weighted by atomic mass is 16.6. The van der Waals surface area contributed by atoms with Crippen molar-refractivity contribution in [1.29, 1.82) is 0 Å². The summed E-state index contributed by atoms with van der Waals surface area (Å²) in [6.45, 7) is 7.32. The van der Waals surface area contributed by atoms with E-state index in [4.69, 9.17) is 4.74 Å². The van der Waals surface area contributed by atoms with Gasteiger partial charge in [0.2, 0.25) is 0 Å². The van der Waals surface area contributed by atoms with Crippen LogP contribution in [0.3, 0.4) is 0 Å². The summed E-state index contributed by atoms with van der Waals surface area (Å²) in [7, 11) is 0. The fourth-order valence-electron chi connectivity index (χ4n) is 3.05. The number of hydrogen-bond donors (Lipinski definition) is 0. The Hall–Kier alpha value is -1.25. The quantitative estimate of drug-likeness (QED) is 0.754. The minimum atomic E-state index is -0.203. The monoisotopic (exact) mass is 263 g/mol. The van der Waals surface area contributed by atoms with Gasteiger partial charge in [-0.1, -0.05) is 39.3 Å². The maximum absolute atomic E-state index is 12.2. The molecule has 0 bridgehead atoms. The van der Waals surface area contributed by atoms with E-state index in [-0.39, 0.29) is 12.2 Å². The second-order valence-electron chi connectivity index (χ2n) is 6.17. The number of carbonyl (C=O) groups is 1. The average molecular weight is 263 g/mol. The van der Waals surface area contributed by atoms with Gasteiger partial charge in [-0.3, -0.25) is 4.90 Å². The summed E-state index contributed by atoms with van der Waals surface area (Å²) < 4.78 is 5.78. The normalized spacial score (nSPS) is 30.7. The van der Waals surface area contributed by atoms with Crippen LogP contribution < -0.4 is 0 Å². The van der Waals surface area contributed by atoms with Crippen LogP contribution in [-0.2, 0) is 4.74 Å². The third-order valence-corrected chi connectivity index (χ3v) is 4.26. The summed E-state index contributed by atoms with van der Waals surface area (Å²) in [4.78, 5) is 13.8. The topological polar surface area (TPSA) is 29.5 Å². The summed E-state index contributed by atoms with van der Waals surface area (Å²) >= 11 is 0. The fraction of sp³-hybridized carbons (Fsp3) is 0.688. The summed E-state index contributed by atoms with van der Waals surface area (Å²) in [5, 5.41) is 0. The molecule has 19 heavy (non-hydrogen) atoms. The van der Waals surface area contributed by atoms with Gasteiger partial charge in [0.15, 0.2) is 0 Å². The Bertz CT molecular complexity index is 373. The van der Waals surface area contributed by atoms with Crippen LogP contribution in [0.4, 0.5) is 4.79 Å². The van der Waals surface area contributed by atoms with Gasteiger partial charge >= 0.3 is 6.09 Å². The number of amides is 1. The lowest BCUT2D eigenvalue weighted by Gasteiger charge is -2.37. The average Bonchev–Trinajstić information content (AvgIpc) is 2.39. The van der Waals surface area contributed by atoms with Crippen molar-refractivity contribution in [3.63, 3.8) is 0 Å². The molecule has 1 saturated carbocycles. The van der Waals surface area contributed by atoms with E-state index in [1.54, 1.807) is 11.1 Å². The molecule has 106 valence electrons. The van der Waals surface area contributed by atoms with Crippen LogP contribution >= 0.6 is 0 Å². The molecule has 0 radical (unpaired) electrons. The van der Waals surface area contributed by atoms with Crippen molar-refractivity contribution in [1.82, 2.24) is 4.90 Å². The summed E-state index contributed by atoms with van der Waals surface area (Å²) in [6, 6.07) is 0. The van der Waals surface area contributed by atoms with E-state index in [1.165, 1.54) is 12.8 Å². The molecule has 1 fully saturated rings. The lowest BCUT2D eigenvalue weighted by molar-refractivity contribution is -0.00436. The molecule has 2 rings (SSSR count). The van der Waals surface area contributed by atoms with E-state index in [0.29, 0.717) is 24.3 Å². The third kappa shape index (κ3) is 3.62. The van der Waals surface area contributed by atoms with Crippen LogP contribution in [-0.4, -0.2) is 23.6 Å². The van der Waals surface area contributed by atoms with Gasteiger partial charge in [0.05, 0.1) is 0 Å². The van der Waals surface area contributed by atoms with Crippen molar-refractivity contribution in [3.8, 4) is 0 Å². The molecular weight excluding hydrogens is 238 g/mol. The molecule has 0 aromatic rings. The molecule has 3 heteroatoms. The molecule has 2 aliphatic rings. The Balaban J connectivity index is 1.96. The third-order valence-electron chi connectivity index (χ3n) is 4.26. The zero-order valence-electron chi connectivity index (χ0n) is 12.2. The first-order valence-electron chi connectivity index (χ1n) is 7.38. The molecule has 3 nitrogen and oxygen atoms in total. The Labute approximate surface area is 116 Å². The minimum Gasteiger partial charge on any atom is -0.446 e. The predicted octanol–water partition coefficient (Wildman–Crippen LogP) is 3.97. The second-order valence-corrected chi connectivity index (χ2v) is 6.17. The van der Waals surface area contributed by atoms with Crippen LogP contribution in [0.25, 0.3) is 0 Å². The van der Waals surface area contributed by atoms with E-state index in [0.717, 1.165) is 6.42 Å². The largest absolute Gasteiger partial charge is 0.446 e. The molecule has 1 aliphatic heterocycles. The predicted molar refractivity (Wildman–Crippen MR) is 76.6 cm³/mol. The Morgan fingerprint density at radius 2 is 2.11 bits per heavy atom. The van der Waals surface area contributed by atoms with Gasteiger partial charge in [-0.15, -0.1) is 0 Å². The Morgan fingerprint density at radius 3 is 2.74 bits per heavy atom. The van der Waals surface area contributed by atoms with E-state index in [9.17, 15) is 4.79 Å². The molecule has 0 aromatic carbocycles. The lowest BCUT2D eigenvalue weighted by Crippen LogP contribution is -2.39. The van der Waals surface area contributed by atoms with E-state index in [1.807, 2.05) is 18.2 Å². The van der Waals surface area contributed by atoms with Gasteiger partial charge in [0, 0.05) is 12.7 Å². The molecular formula is C16H25NO2. The lowest BCUT2D eigenvalue weighted by atomic mass is 9.75. The summed E-state index contributed by atoms with van der Waals surface area (Å²) in [5.41, 5.74) is 0. The summed E-state index contributed by atoms with van der Waals surface area (Å²) in [5.74, 6) is 1.73. The number of ether oxygens (including phenoxy) is 1. The molecule has 0 saturated heterocycles. The van der Waals surface area contributed by atoms with Gasteiger partial charge in [-0.25, -0.2) is 4.79 Å².